The van der Waals surface area contributed by atoms with Crippen LogP contribution >= 0.6 is 0 Å². The summed E-state index contributed by atoms with van der Waals surface area (Å²) in [7, 11) is 0. The third-order valence-corrected chi connectivity index (χ3v) is 6.81. The Balaban J connectivity index is 1.48. The number of nitrogens with zero attached hydrogens (tertiary/aromatic N) is 2. The lowest BCUT2D eigenvalue weighted by Crippen LogP contribution is -2.17. The summed E-state index contributed by atoms with van der Waals surface area (Å²) < 4.78 is 25.2. The molecule has 0 amide bonds. The Morgan fingerprint density at radius 3 is 2.05 bits per heavy atom. The maximum absolute atomic E-state index is 13.9. The van der Waals surface area contributed by atoms with E-state index in [0.29, 0.717) is 36.9 Å². The summed E-state index contributed by atoms with van der Waals surface area (Å²) >= 11 is 0. The molecule has 0 saturated heterocycles. The molecule has 2 atom stereocenters. The van der Waals surface area contributed by atoms with E-state index < -0.39 is 6.17 Å². The van der Waals surface area contributed by atoms with E-state index in [4.69, 9.17) is 9.47 Å². The van der Waals surface area contributed by atoms with Crippen LogP contribution in [0, 0.1) is 11.8 Å². The van der Waals surface area contributed by atoms with E-state index in [1.54, 1.807) is 24.5 Å². The molecule has 1 heterocycles. The Morgan fingerprint density at radius 2 is 1.41 bits per heavy atom. The Labute approximate surface area is 233 Å². The Kier molecular flexibility index (Phi) is 12.4. The molecule has 0 saturated carbocycles. The first-order chi connectivity index (χ1) is 18.9. The summed E-state index contributed by atoms with van der Waals surface area (Å²) in [5, 5.41) is 0. The van der Waals surface area contributed by atoms with Crippen LogP contribution < -0.4 is 9.47 Å². The van der Waals surface area contributed by atoms with Gasteiger partial charge in [-0.05, 0) is 60.7 Å². The lowest BCUT2D eigenvalue weighted by Gasteiger charge is -2.12. The molecular formula is C33H43FN2O3. The zero-order valence-corrected chi connectivity index (χ0v) is 23.9. The average molecular weight is 535 g/mol. The molecule has 0 N–H and O–H groups in total. The van der Waals surface area contributed by atoms with Crippen LogP contribution in [0.2, 0.25) is 0 Å². The van der Waals surface area contributed by atoms with Crippen molar-refractivity contribution in [1.29, 1.82) is 0 Å². The third-order valence-electron chi connectivity index (χ3n) is 6.81. The fraction of sp³-hybridized carbons (Fsp3) is 0.485. The summed E-state index contributed by atoms with van der Waals surface area (Å²) in [6.45, 7) is 8.80. The highest BCUT2D eigenvalue weighted by Crippen LogP contribution is 2.25. The molecule has 0 spiro atoms. The van der Waals surface area contributed by atoms with Gasteiger partial charge in [-0.1, -0.05) is 71.9 Å². The lowest BCUT2D eigenvalue weighted by molar-refractivity contribution is -0.138. The van der Waals surface area contributed by atoms with Crippen molar-refractivity contribution in [3.05, 3.63) is 60.9 Å². The number of carbonyl (C=O) groups excluding carboxylic acids is 1. The number of halogens is 1. The van der Waals surface area contributed by atoms with Crippen molar-refractivity contribution >= 4 is 5.97 Å². The quantitative estimate of drug-likeness (QED) is 0.104. The molecule has 2 aromatic carbocycles. The normalized spacial score (nSPS) is 12.8. The van der Waals surface area contributed by atoms with Gasteiger partial charge in [-0.2, -0.15) is 0 Å². The van der Waals surface area contributed by atoms with Crippen molar-refractivity contribution in [3.8, 4) is 34.0 Å². The maximum atomic E-state index is 13.9. The molecule has 210 valence electrons. The molecule has 2 unspecified atom stereocenters. The molecule has 0 radical (unpaired) electrons. The van der Waals surface area contributed by atoms with Crippen molar-refractivity contribution in [2.24, 2.45) is 11.8 Å². The predicted molar refractivity (Wildman–Crippen MR) is 156 cm³/mol. The van der Waals surface area contributed by atoms with Crippen LogP contribution in [0.15, 0.2) is 60.9 Å². The molecule has 0 aliphatic carbocycles. The first-order valence-corrected chi connectivity index (χ1v) is 14.4. The van der Waals surface area contributed by atoms with Gasteiger partial charge in [0.1, 0.15) is 17.7 Å². The molecule has 6 heteroatoms. The monoisotopic (exact) mass is 534 g/mol. The number of carbonyl (C=O) groups is 1. The third kappa shape index (κ3) is 10.4. The zero-order chi connectivity index (χ0) is 28.0. The van der Waals surface area contributed by atoms with Gasteiger partial charge in [-0.25, -0.2) is 14.4 Å². The van der Waals surface area contributed by atoms with Crippen molar-refractivity contribution in [1.82, 2.24) is 9.97 Å². The van der Waals surface area contributed by atoms with Gasteiger partial charge in [0.05, 0.1) is 12.5 Å². The van der Waals surface area contributed by atoms with Gasteiger partial charge in [0.25, 0.3) is 0 Å². The topological polar surface area (TPSA) is 61.3 Å². The van der Waals surface area contributed by atoms with Crippen LogP contribution in [0.1, 0.15) is 79.1 Å². The van der Waals surface area contributed by atoms with E-state index in [-0.39, 0.29) is 11.9 Å². The van der Waals surface area contributed by atoms with Gasteiger partial charge < -0.3 is 9.47 Å². The fourth-order valence-corrected chi connectivity index (χ4v) is 4.27. The van der Waals surface area contributed by atoms with Crippen molar-refractivity contribution in [3.63, 3.8) is 0 Å². The molecule has 0 bridgehead atoms. The second-order valence-electron chi connectivity index (χ2n) is 10.7. The van der Waals surface area contributed by atoms with E-state index in [2.05, 4.69) is 30.7 Å². The number of esters is 1. The number of hydrogen-bond acceptors (Lipinski definition) is 5. The zero-order valence-electron chi connectivity index (χ0n) is 23.9. The first kappa shape index (κ1) is 30.3. The predicted octanol–water partition coefficient (Wildman–Crippen LogP) is 8.87. The van der Waals surface area contributed by atoms with Gasteiger partial charge >= 0.3 is 5.97 Å². The molecular weight excluding hydrogens is 491 g/mol. The molecule has 0 fully saturated rings. The van der Waals surface area contributed by atoms with Crippen molar-refractivity contribution < 1.29 is 18.7 Å². The van der Waals surface area contributed by atoms with Gasteiger partial charge in [0.2, 0.25) is 0 Å². The second kappa shape index (κ2) is 16.0. The molecule has 3 rings (SSSR count). The fourth-order valence-electron chi connectivity index (χ4n) is 4.27. The number of hydrogen-bond donors (Lipinski definition) is 0. The van der Waals surface area contributed by atoms with Gasteiger partial charge in [0, 0.05) is 29.9 Å². The highest BCUT2D eigenvalue weighted by molar-refractivity contribution is 5.75. The Bertz CT molecular complexity index is 1120. The van der Waals surface area contributed by atoms with Gasteiger partial charge in [-0.3, -0.25) is 4.79 Å². The van der Waals surface area contributed by atoms with E-state index in [9.17, 15) is 9.18 Å². The summed E-state index contributed by atoms with van der Waals surface area (Å²) in [6, 6.07) is 15.0. The second-order valence-corrected chi connectivity index (χ2v) is 10.7. The number of aromatic nitrogens is 2. The lowest BCUT2D eigenvalue weighted by atomic mass is 10.00. The van der Waals surface area contributed by atoms with Crippen molar-refractivity contribution in [2.75, 3.05) is 6.61 Å². The van der Waals surface area contributed by atoms with Crippen LogP contribution in [-0.2, 0) is 4.79 Å². The molecule has 39 heavy (non-hydrogen) atoms. The van der Waals surface area contributed by atoms with Crippen LogP contribution in [0.4, 0.5) is 4.39 Å². The number of ether oxygens (including phenoxy) is 2. The summed E-state index contributed by atoms with van der Waals surface area (Å²) in [6.07, 6.45) is 9.90. The minimum Gasteiger partial charge on any atom is -0.493 e. The molecule has 5 nitrogen and oxygen atoms in total. The van der Waals surface area contributed by atoms with E-state index >= 15 is 0 Å². The van der Waals surface area contributed by atoms with Gasteiger partial charge in [0.15, 0.2) is 5.82 Å². The Morgan fingerprint density at radius 1 is 0.769 bits per heavy atom. The Hall–Kier alpha value is -3.28. The van der Waals surface area contributed by atoms with Gasteiger partial charge in [-0.15, -0.1) is 0 Å². The molecule has 0 aliphatic rings. The SMILES string of the molecule is CCCCCC(F)CCOc1ccc(-c2cnc(-c3ccc(OC(=O)C(C)CCCC(C)C)cc3)nc2)cc1. The van der Waals surface area contributed by atoms with Crippen molar-refractivity contribution in [2.45, 2.75) is 85.2 Å². The van der Waals surface area contributed by atoms with E-state index in [1.807, 2.05) is 43.3 Å². The van der Waals surface area contributed by atoms with Crippen LogP contribution in [0.3, 0.4) is 0 Å². The smallest absolute Gasteiger partial charge is 0.314 e. The first-order valence-electron chi connectivity index (χ1n) is 14.4. The number of unbranched alkanes of at least 4 members (excludes halogenated alkanes) is 2. The highest BCUT2D eigenvalue weighted by atomic mass is 19.1. The maximum Gasteiger partial charge on any atom is 0.314 e. The summed E-state index contributed by atoms with van der Waals surface area (Å²) in [4.78, 5) is 21.4. The van der Waals surface area contributed by atoms with E-state index in [1.165, 1.54) is 0 Å². The van der Waals surface area contributed by atoms with Crippen LogP contribution in [-0.4, -0.2) is 28.7 Å². The minimum atomic E-state index is -0.800. The molecule has 0 aliphatic heterocycles. The number of rotatable bonds is 16. The summed E-state index contributed by atoms with van der Waals surface area (Å²) in [5.74, 6) is 2.17. The number of benzene rings is 2. The highest BCUT2D eigenvalue weighted by Gasteiger charge is 2.15. The average Bonchev–Trinajstić information content (AvgIpc) is 2.94. The summed E-state index contributed by atoms with van der Waals surface area (Å²) in [5.41, 5.74) is 2.71. The number of alkyl halides is 1. The standard InChI is InChI=1S/C33H43FN2O3/c1-5-6-7-11-29(34)20-21-38-30-16-12-26(13-17-30)28-22-35-32(36-23-28)27-14-18-31(19-15-27)39-33(37)25(4)10-8-9-24(2)3/h12-19,22-25,29H,5-11,20-21H2,1-4H3. The minimum absolute atomic E-state index is 0.122. The largest absolute Gasteiger partial charge is 0.493 e. The van der Waals surface area contributed by atoms with Crippen LogP contribution in [0.25, 0.3) is 22.5 Å². The molecule has 3 aromatic rings. The van der Waals surface area contributed by atoms with E-state index in [0.717, 1.165) is 61.0 Å². The molecule has 1 aromatic heterocycles. The van der Waals surface area contributed by atoms with Crippen LogP contribution in [0.5, 0.6) is 11.5 Å².